The number of carbonyl (C=O) groups is 5. The van der Waals surface area contributed by atoms with E-state index >= 15 is 0 Å². The van der Waals surface area contributed by atoms with Crippen molar-refractivity contribution < 1.29 is 62.2 Å². The van der Waals surface area contributed by atoms with Crippen molar-refractivity contribution in [2.24, 2.45) is 10.2 Å². The molecule has 3 aliphatic rings. The van der Waals surface area contributed by atoms with Crippen LogP contribution in [0.4, 0.5) is 4.79 Å². The van der Waals surface area contributed by atoms with Crippen LogP contribution >= 0.6 is 11.8 Å². The lowest BCUT2D eigenvalue weighted by molar-refractivity contribution is -0.129. The third kappa shape index (κ3) is 19.2. The second-order valence-corrected chi connectivity index (χ2v) is 19.1. The van der Waals surface area contributed by atoms with Gasteiger partial charge >= 0.3 is 6.03 Å². The number of thioether (sulfide) groups is 1. The van der Waals surface area contributed by atoms with E-state index in [9.17, 15) is 29.1 Å². The molecule has 2 saturated heterocycles. The zero-order chi connectivity index (χ0) is 51.0. The lowest BCUT2D eigenvalue weighted by Crippen LogP contribution is -2.47. The second-order valence-electron chi connectivity index (χ2n) is 17.8. The first-order chi connectivity index (χ1) is 34.3. The number of amides is 6. The van der Waals surface area contributed by atoms with Gasteiger partial charge in [-0.15, -0.1) is 0 Å². The molecule has 3 heterocycles. The molecule has 394 valence electrons. The van der Waals surface area contributed by atoms with Crippen LogP contribution < -0.4 is 50.8 Å². The van der Waals surface area contributed by atoms with Gasteiger partial charge in [0.15, 0.2) is 28.7 Å². The van der Waals surface area contributed by atoms with Crippen molar-refractivity contribution in [1.82, 2.24) is 31.9 Å². The zero-order valence-electron chi connectivity index (χ0n) is 41.8. The molecule has 1 unspecified atom stereocenters. The Kier molecular flexibility index (Phi) is 23.6. The number of aromatic hydroxyl groups is 1. The Bertz CT molecular complexity index is 2050. The van der Waals surface area contributed by atoms with Gasteiger partial charge in [-0.3, -0.25) is 19.2 Å². The van der Waals surface area contributed by atoms with Crippen LogP contribution in [0.2, 0.25) is 0 Å². The molecular formula is C49H74N8O13S. The van der Waals surface area contributed by atoms with E-state index in [1.165, 1.54) is 7.11 Å². The van der Waals surface area contributed by atoms with Crippen LogP contribution in [0.1, 0.15) is 88.2 Å². The lowest BCUT2D eigenvalue weighted by Gasteiger charge is -2.21. The quantitative estimate of drug-likeness (QED) is 0.0378. The van der Waals surface area contributed by atoms with Gasteiger partial charge in [-0.2, -0.15) is 22.0 Å². The van der Waals surface area contributed by atoms with Gasteiger partial charge in [0, 0.05) is 49.9 Å². The molecule has 0 aliphatic carbocycles. The summed E-state index contributed by atoms with van der Waals surface area (Å²) in [6, 6.07) is 8.56. The fourth-order valence-corrected chi connectivity index (χ4v) is 9.96. The van der Waals surface area contributed by atoms with Crippen LogP contribution in [0.25, 0.3) is 0 Å². The Labute approximate surface area is 420 Å². The molecule has 7 N–H and O–H groups in total. The summed E-state index contributed by atoms with van der Waals surface area (Å²) in [5, 5.41) is 36.2. The van der Waals surface area contributed by atoms with Gasteiger partial charge in [0.1, 0.15) is 12.6 Å². The topological polar surface area (TPSA) is 267 Å². The van der Waals surface area contributed by atoms with E-state index in [1.807, 2.05) is 36.9 Å². The average molecular weight is 1020 g/mol. The van der Waals surface area contributed by atoms with Crippen LogP contribution in [0.5, 0.6) is 28.7 Å². The summed E-state index contributed by atoms with van der Waals surface area (Å²) in [6.45, 7) is 4.00. The molecule has 71 heavy (non-hydrogen) atoms. The highest BCUT2D eigenvalue weighted by atomic mass is 32.2. The Hall–Kier alpha value is -5.58. The molecule has 2 fully saturated rings. The average Bonchev–Trinajstić information content (AvgIpc) is 3.82. The first-order valence-corrected chi connectivity index (χ1v) is 25.5. The third-order valence-corrected chi connectivity index (χ3v) is 14.0. The number of hydrogen-bond acceptors (Lipinski definition) is 16. The van der Waals surface area contributed by atoms with E-state index in [0.717, 1.165) is 36.1 Å². The van der Waals surface area contributed by atoms with Crippen molar-refractivity contribution in [3.63, 3.8) is 0 Å². The summed E-state index contributed by atoms with van der Waals surface area (Å²) in [5.41, 5.74) is 1.26. The van der Waals surface area contributed by atoms with E-state index in [1.54, 1.807) is 33.5 Å². The summed E-state index contributed by atoms with van der Waals surface area (Å²) >= 11 is 1.87. The molecule has 22 heteroatoms. The third-order valence-electron chi connectivity index (χ3n) is 12.5. The smallest absolute Gasteiger partial charge is 0.315 e. The molecule has 3 aliphatic heterocycles. The van der Waals surface area contributed by atoms with Gasteiger partial charge in [-0.25, -0.2) is 4.79 Å². The molecule has 0 saturated carbocycles. The summed E-state index contributed by atoms with van der Waals surface area (Å²) in [6.07, 6.45) is 6.50. The molecule has 2 aromatic rings. The fraction of sp³-hybridized carbons (Fsp3) is 0.653. The number of carbonyl (C=O) groups excluding carboxylic acids is 5. The molecule has 0 radical (unpaired) electrons. The Morgan fingerprint density at radius 2 is 1.46 bits per heavy atom. The molecule has 0 spiro atoms. The Morgan fingerprint density at radius 1 is 0.761 bits per heavy atom. The molecule has 2 aromatic carbocycles. The van der Waals surface area contributed by atoms with Crippen molar-refractivity contribution in [1.29, 1.82) is 0 Å². The van der Waals surface area contributed by atoms with Crippen molar-refractivity contribution in [2.75, 3.05) is 93.5 Å². The minimum absolute atomic E-state index is 0.0115. The van der Waals surface area contributed by atoms with Crippen molar-refractivity contribution in [2.45, 2.75) is 113 Å². The number of nitrogens with one attached hydrogen (secondary N) is 6. The highest BCUT2D eigenvalue weighted by molar-refractivity contribution is 8.00. The SMILES string of the molecule is COc1ccc(CC(CCNC(=O)COCCOCCOCCNC(=O)[C@H](CCCCNC(=O)CCCC[C@@H]2SC[C@@H]3NC(=O)N[C@@H]32)NC(=O)CCC2(C)N=N2)c2cc(OC)c(OC)c(OC)c2)cc1O. The fourth-order valence-electron chi connectivity index (χ4n) is 8.42. The standard InChI is InChI=1S/C49H74N8O13S/c1-49(56-57-49)17-15-43(60)53-35(10-8-9-18-50-42(59)12-7-6-11-41-45-36(31-71-41)54-48(63)55-45)47(62)52-20-21-68-22-23-69-24-25-70-30-44(61)51-19-16-33(26-32-13-14-38(64-2)37(58)27-32)34-28-39(65-3)46(67-5)40(29-34)66-4/h13-14,27-29,33,35-36,41,45,58H,6-12,15-26,30-31H2,1-5H3,(H,50,59)(H,51,61)(H,52,62)(H,53,60)(H2,54,55,63)/t33?,35-,36-,41-,45-/m0/s1. The van der Waals surface area contributed by atoms with E-state index < -0.39 is 11.7 Å². The van der Waals surface area contributed by atoms with Crippen molar-refractivity contribution in [3.8, 4) is 28.7 Å². The molecular weight excluding hydrogens is 941 g/mol. The van der Waals surface area contributed by atoms with Crippen molar-refractivity contribution in [3.05, 3.63) is 41.5 Å². The number of hydrogen-bond donors (Lipinski definition) is 7. The van der Waals surface area contributed by atoms with Crippen LogP contribution in [0.3, 0.4) is 0 Å². The van der Waals surface area contributed by atoms with Crippen molar-refractivity contribution >= 4 is 41.4 Å². The maximum Gasteiger partial charge on any atom is 0.315 e. The zero-order valence-corrected chi connectivity index (χ0v) is 42.6. The number of nitrogens with zero attached hydrogens (tertiary/aromatic N) is 2. The monoisotopic (exact) mass is 1010 g/mol. The summed E-state index contributed by atoms with van der Waals surface area (Å²) in [7, 11) is 6.14. The van der Waals surface area contributed by atoms with Gasteiger partial charge in [0.25, 0.3) is 0 Å². The highest BCUT2D eigenvalue weighted by Crippen LogP contribution is 2.42. The minimum Gasteiger partial charge on any atom is -0.504 e. The van der Waals surface area contributed by atoms with Crippen LogP contribution in [-0.2, 0) is 39.8 Å². The predicted octanol–water partition coefficient (Wildman–Crippen LogP) is 3.88. The normalized spacial score (nSPS) is 18.0. The van der Waals surface area contributed by atoms with E-state index in [4.69, 9.17) is 33.2 Å². The first kappa shape index (κ1) is 56.3. The number of urea groups is 1. The van der Waals surface area contributed by atoms with E-state index in [2.05, 4.69) is 42.1 Å². The summed E-state index contributed by atoms with van der Waals surface area (Å²) in [5.74, 6) is 1.86. The number of ether oxygens (including phenoxy) is 7. The lowest BCUT2D eigenvalue weighted by atomic mass is 9.88. The largest absolute Gasteiger partial charge is 0.504 e. The molecule has 0 aromatic heterocycles. The van der Waals surface area contributed by atoms with Gasteiger partial charge in [-0.1, -0.05) is 12.5 Å². The van der Waals surface area contributed by atoms with Gasteiger partial charge in [-0.05, 0) is 93.2 Å². The molecule has 21 nitrogen and oxygen atoms in total. The number of phenols is 1. The van der Waals surface area contributed by atoms with Crippen LogP contribution in [0.15, 0.2) is 40.6 Å². The second kappa shape index (κ2) is 29.7. The minimum atomic E-state index is -0.746. The Balaban J connectivity index is 0.914. The van der Waals surface area contributed by atoms with Gasteiger partial charge in [0.2, 0.25) is 29.4 Å². The van der Waals surface area contributed by atoms with E-state index in [0.29, 0.717) is 86.3 Å². The maximum atomic E-state index is 13.2. The number of benzene rings is 2. The summed E-state index contributed by atoms with van der Waals surface area (Å²) < 4.78 is 38.6. The first-order valence-electron chi connectivity index (χ1n) is 24.5. The molecule has 6 amide bonds. The number of fused-ring (bicyclic) bond motifs is 1. The number of methoxy groups -OCH3 is 4. The molecule has 5 atom stereocenters. The Morgan fingerprint density at radius 3 is 2.15 bits per heavy atom. The predicted molar refractivity (Wildman–Crippen MR) is 266 cm³/mol. The van der Waals surface area contributed by atoms with Crippen LogP contribution in [-0.4, -0.2) is 157 Å². The van der Waals surface area contributed by atoms with Crippen LogP contribution in [0, 0.1) is 0 Å². The summed E-state index contributed by atoms with van der Waals surface area (Å²) in [4.78, 5) is 62.7. The number of rotatable bonds is 36. The molecule has 0 bridgehead atoms. The maximum absolute atomic E-state index is 13.2. The highest BCUT2D eigenvalue weighted by Gasteiger charge is 2.42. The number of phenolic OH excluding ortho intramolecular Hbond substituents is 1. The van der Waals surface area contributed by atoms with E-state index in [-0.39, 0.29) is 106 Å². The van der Waals surface area contributed by atoms with Gasteiger partial charge in [0.05, 0.1) is 73.6 Å². The van der Waals surface area contributed by atoms with Gasteiger partial charge < -0.3 is 70.2 Å². The number of unbranched alkanes of at least 4 members (excludes halogenated alkanes) is 2. The molecule has 5 rings (SSSR count).